The molecule has 0 amide bonds. The third-order valence-corrected chi connectivity index (χ3v) is 12.2. The number of hydrogen-bond donors (Lipinski definition) is 0. The van der Waals surface area contributed by atoms with Gasteiger partial charge in [-0.05, 0) is 72.1 Å². The van der Waals surface area contributed by atoms with E-state index < -0.39 is 5.54 Å². The first-order chi connectivity index (χ1) is 25.6. The van der Waals surface area contributed by atoms with Gasteiger partial charge in [-0.15, -0.1) is 11.3 Å². The van der Waals surface area contributed by atoms with Crippen LogP contribution in [0.1, 0.15) is 18.9 Å². The zero-order valence-corrected chi connectivity index (χ0v) is 29.3. The third kappa shape index (κ3) is 4.26. The number of nitrogens with zero attached hydrogens (tertiary/aromatic N) is 4. The van der Waals surface area contributed by atoms with Crippen molar-refractivity contribution >= 4 is 87.3 Å². The maximum absolute atomic E-state index is 5.49. The molecular weight excluding hydrogens is 653 g/mol. The molecule has 52 heavy (non-hydrogen) atoms. The molecule has 0 N–H and O–H groups in total. The molecule has 0 fully saturated rings. The van der Waals surface area contributed by atoms with E-state index in [0.717, 1.165) is 22.3 Å². The predicted octanol–water partition coefficient (Wildman–Crippen LogP) is 12.5. The fourth-order valence-electron chi connectivity index (χ4n) is 8.40. The lowest BCUT2D eigenvalue weighted by Crippen LogP contribution is -2.28. The molecule has 1 aliphatic rings. The van der Waals surface area contributed by atoms with Crippen LogP contribution in [0.4, 0.5) is 0 Å². The van der Waals surface area contributed by atoms with E-state index in [1.54, 1.807) is 0 Å². The first-order valence-electron chi connectivity index (χ1n) is 17.8. The molecule has 4 heterocycles. The maximum Gasteiger partial charge on any atom is 0.230 e. The van der Waals surface area contributed by atoms with Crippen molar-refractivity contribution in [2.24, 2.45) is 9.98 Å². The Balaban J connectivity index is 1.06. The van der Waals surface area contributed by atoms with Gasteiger partial charge in [-0.2, -0.15) is 0 Å². The van der Waals surface area contributed by atoms with Crippen molar-refractivity contribution in [3.8, 4) is 16.8 Å². The summed E-state index contributed by atoms with van der Waals surface area (Å²) in [4.78, 5) is 10.5. The van der Waals surface area contributed by atoms with Crippen molar-refractivity contribution < 1.29 is 0 Å². The Labute approximate surface area is 304 Å². The average molecular weight is 685 g/mol. The van der Waals surface area contributed by atoms with Crippen molar-refractivity contribution in [1.29, 1.82) is 0 Å². The summed E-state index contributed by atoms with van der Waals surface area (Å²) in [6, 6.07) is 57.2. The van der Waals surface area contributed by atoms with Crippen LogP contribution in [0.3, 0.4) is 0 Å². The van der Waals surface area contributed by atoms with Crippen LogP contribution < -0.4 is 0 Å². The Morgan fingerprint density at radius 1 is 0.538 bits per heavy atom. The molecule has 0 radical (unpaired) electrons. The lowest BCUT2D eigenvalue weighted by atomic mass is 9.89. The standard InChI is InChI=1S/C47H32N4S/c1-47(31-12-10-13-32(29-31)50-40-20-6-2-14-34(40)35-15-3-7-21-41(35)50)26-27-48-46(49-47)51-42-22-8-4-16-36(42)39-28-30(24-25-43(39)51)33-18-11-19-38-37-17-5-9-23-44(37)52-45(33)38/h2-25,27-29H,26H2,1H3. The number of para-hydroxylation sites is 3. The molecule has 3 aromatic heterocycles. The number of fused-ring (bicyclic) bond motifs is 9. The summed E-state index contributed by atoms with van der Waals surface area (Å²) in [6.07, 6.45) is 2.76. The number of thiophene rings is 1. The molecule has 5 heteroatoms. The lowest BCUT2D eigenvalue weighted by molar-refractivity contribution is 0.516. The monoisotopic (exact) mass is 684 g/mol. The number of hydrogen-bond acceptors (Lipinski definition) is 3. The SMILES string of the molecule is CC1(c2cccc(-n3c4ccccc4c4ccccc43)c2)CC=NC(n2c3ccccc3c3cc(-c4cccc5c4sc4ccccc45)ccc32)=N1. The highest BCUT2D eigenvalue weighted by Gasteiger charge is 2.30. The summed E-state index contributed by atoms with van der Waals surface area (Å²) >= 11 is 1.87. The van der Waals surface area contributed by atoms with Gasteiger partial charge < -0.3 is 4.57 Å². The second-order valence-electron chi connectivity index (χ2n) is 14.0. The van der Waals surface area contributed by atoms with Gasteiger partial charge in [0.25, 0.3) is 0 Å². The summed E-state index contributed by atoms with van der Waals surface area (Å²) in [6.45, 7) is 2.24. The number of aliphatic imine (C=N–C) groups is 2. The highest BCUT2D eigenvalue weighted by Crippen LogP contribution is 2.42. The quantitative estimate of drug-likeness (QED) is 0.178. The van der Waals surface area contributed by atoms with Crippen LogP contribution in [0.15, 0.2) is 168 Å². The summed E-state index contributed by atoms with van der Waals surface area (Å²) in [5.41, 5.74) is 8.89. The molecule has 246 valence electrons. The van der Waals surface area contributed by atoms with Crippen molar-refractivity contribution in [2.75, 3.05) is 0 Å². The third-order valence-electron chi connectivity index (χ3n) is 10.9. The zero-order valence-electron chi connectivity index (χ0n) is 28.5. The van der Waals surface area contributed by atoms with Crippen LogP contribution in [-0.2, 0) is 5.54 Å². The molecule has 7 aromatic carbocycles. The fourth-order valence-corrected chi connectivity index (χ4v) is 9.64. The van der Waals surface area contributed by atoms with E-state index >= 15 is 0 Å². The van der Waals surface area contributed by atoms with E-state index in [-0.39, 0.29) is 0 Å². The van der Waals surface area contributed by atoms with Crippen LogP contribution in [0.2, 0.25) is 0 Å². The van der Waals surface area contributed by atoms with Crippen LogP contribution in [-0.4, -0.2) is 21.3 Å². The minimum Gasteiger partial charge on any atom is -0.309 e. The molecule has 4 nitrogen and oxygen atoms in total. The van der Waals surface area contributed by atoms with Gasteiger partial charge in [-0.25, -0.2) is 9.98 Å². The van der Waals surface area contributed by atoms with Gasteiger partial charge in [0.05, 0.1) is 27.6 Å². The van der Waals surface area contributed by atoms with Crippen LogP contribution in [0.25, 0.3) is 80.6 Å². The number of aromatic nitrogens is 2. The normalized spacial score (nSPS) is 16.2. The van der Waals surface area contributed by atoms with Gasteiger partial charge in [0.1, 0.15) is 0 Å². The van der Waals surface area contributed by atoms with E-state index in [4.69, 9.17) is 9.98 Å². The van der Waals surface area contributed by atoms with E-state index in [1.807, 2.05) is 17.6 Å². The zero-order chi connectivity index (χ0) is 34.4. The largest absolute Gasteiger partial charge is 0.309 e. The highest BCUT2D eigenvalue weighted by molar-refractivity contribution is 7.26. The van der Waals surface area contributed by atoms with Gasteiger partial charge in [0.2, 0.25) is 5.96 Å². The predicted molar refractivity (Wildman–Crippen MR) is 222 cm³/mol. The van der Waals surface area contributed by atoms with E-state index in [0.29, 0.717) is 12.4 Å². The topological polar surface area (TPSA) is 34.6 Å². The Morgan fingerprint density at radius 2 is 1.15 bits per heavy atom. The molecule has 11 rings (SSSR count). The van der Waals surface area contributed by atoms with Crippen molar-refractivity contribution in [3.63, 3.8) is 0 Å². The van der Waals surface area contributed by atoms with Crippen LogP contribution in [0, 0.1) is 0 Å². The Morgan fingerprint density at radius 3 is 1.92 bits per heavy atom. The van der Waals surface area contributed by atoms with Crippen LogP contribution in [0.5, 0.6) is 0 Å². The van der Waals surface area contributed by atoms with Crippen molar-refractivity contribution in [2.45, 2.75) is 18.9 Å². The lowest BCUT2D eigenvalue weighted by Gasteiger charge is -2.28. The summed E-state index contributed by atoms with van der Waals surface area (Å²) in [5, 5.41) is 7.54. The van der Waals surface area contributed by atoms with Crippen molar-refractivity contribution in [1.82, 2.24) is 9.13 Å². The van der Waals surface area contributed by atoms with Gasteiger partial charge in [-0.1, -0.05) is 109 Å². The molecule has 0 bridgehead atoms. The summed E-state index contributed by atoms with van der Waals surface area (Å²) in [7, 11) is 0. The second kappa shape index (κ2) is 11.1. The van der Waals surface area contributed by atoms with Gasteiger partial charge in [0, 0.05) is 60.0 Å². The Kier molecular flexibility index (Phi) is 6.28. The molecule has 1 aliphatic heterocycles. The maximum atomic E-state index is 5.49. The molecule has 1 unspecified atom stereocenters. The van der Waals surface area contributed by atoms with Gasteiger partial charge in [0.15, 0.2) is 0 Å². The molecular formula is C47H32N4S. The molecule has 0 saturated heterocycles. The first-order valence-corrected chi connectivity index (χ1v) is 18.6. The number of rotatable bonds is 3. The van der Waals surface area contributed by atoms with E-state index in [9.17, 15) is 0 Å². The minimum atomic E-state index is -0.500. The summed E-state index contributed by atoms with van der Waals surface area (Å²) < 4.78 is 7.27. The minimum absolute atomic E-state index is 0.500. The molecule has 10 aromatic rings. The smallest absolute Gasteiger partial charge is 0.230 e. The van der Waals surface area contributed by atoms with E-state index in [2.05, 4.69) is 174 Å². The highest BCUT2D eigenvalue weighted by atomic mass is 32.1. The second-order valence-corrected chi connectivity index (χ2v) is 15.0. The van der Waals surface area contributed by atoms with Gasteiger partial charge in [-0.3, -0.25) is 4.57 Å². The Hall–Kier alpha value is -6.30. The molecule has 1 atom stereocenters. The van der Waals surface area contributed by atoms with Gasteiger partial charge >= 0.3 is 0 Å². The molecule has 0 saturated carbocycles. The average Bonchev–Trinajstić information content (AvgIpc) is 3.86. The molecule has 0 aliphatic carbocycles. The van der Waals surface area contributed by atoms with E-state index in [1.165, 1.54) is 63.9 Å². The van der Waals surface area contributed by atoms with Crippen molar-refractivity contribution in [3.05, 3.63) is 163 Å². The Bertz CT molecular complexity index is 3080. The molecule has 0 spiro atoms. The fraction of sp³-hybridized carbons (Fsp3) is 0.0638. The number of benzene rings is 7. The summed E-state index contributed by atoms with van der Waals surface area (Å²) in [5.74, 6) is 0.710. The van der Waals surface area contributed by atoms with Crippen LogP contribution >= 0.6 is 11.3 Å². The first kappa shape index (κ1) is 29.4.